The van der Waals surface area contributed by atoms with Gasteiger partial charge in [-0.1, -0.05) is 26.0 Å². The van der Waals surface area contributed by atoms with Crippen LogP contribution in [0.3, 0.4) is 0 Å². The van der Waals surface area contributed by atoms with Crippen molar-refractivity contribution in [2.75, 3.05) is 7.05 Å². The summed E-state index contributed by atoms with van der Waals surface area (Å²) in [5.41, 5.74) is 2.27. The number of hydrogen-bond donors (Lipinski definition) is 1. The SMILES string of the molecule is CCC1(C)C(NC)CC1c1ccc(C)c([N+](=O)[O-])c1. The van der Waals surface area contributed by atoms with Gasteiger partial charge in [-0.05, 0) is 43.7 Å². The van der Waals surface area contributed by atoms with Crippen LogP contribution in [0.1, 0.15) is 43.7 Å². The fraction of sp³-hybridized carbons (Fsp3) is 0.600. The number of nitro groups is 1. The molecule has 1 aliphatic carbocycles. The second-order valence-corrected chi connectivity index (χ2v) is 5.79. The average molecular weight is 262 g/mol. The molecule has 0 heterocycles. The molecule has 0 spiro atoms. The molecule has 19 heavy (non-hydrogen) atoms. The predicted octanol–water partition coefficient (Wildman–Crippen LogP) is 3.39. The second kappa shape index (κ2) is 4.93. The van der Waals surface area contributed by atoms with Crippen LogP contribution in [0.25, 0.3) is 0 Å². The second-order valence-electron chi connectivity index (χ2n) is 5.79. The van der Waals surface area contributed by atoms with Gasteiger partial charge in [-0.15, -0.1) is 0 Å². The largest absolute Gasteiger partial charge is 0.316 e. The summed E-state index contributed by atoms with van der Waals surface area (Å²) in [6.07, 6.45) is 2.13. The summed E-state index contributed by atoms with van der Waals surface area (Å²) in [4.78, 5) is 10.8. The van der Waals surface area contributed by atoms with Crippen LogP contribution in [0.2, 0.25) is 0 Å². The first-order chi connectivity index (χ1) is 8.93. The Morgan fingerprint density at radius 1 is 1.53 bits per heavy atom. The monoisotopic (exact) mass is 262 g/mol. The van der Waals surface area contributed by atoms with Crippen LogP contribution < -0.4 is 5.32 Å². The van der Waals surface area contributed by atoms with Gasteiger partial charge < -0.3 is 5.32 Å². The van der Waals surface area contributed by atoms with E-state index >= 15 is 0 Å². The Morgan fingerprint density at radius 3 is 2.74 bits per heavy atom. The van der Waals surface area contributed by atoms with Gasteiger partial charge in [0.2, 0.25) is 0 Å². The first kappa shape index (κ1) is 14.0. The van der Waals surface area contributed by atoms with Crippen molar-refractivity contribution in [3.8, 4) is 0 Å². The van der Waals surface area contributed by atoms with Gasteiger partial charge in [0, 0.05) is 17.7 Å². The van der Waals surface area contributed by atoms with Gasteiger partial charge in [-0.2, -0.15) is 0 Å². The Morgan fingerprint density at radius 2 is 2.21 bits per heavy atom. The standard InChI is InChI=1S/C15H22N2O2/c1-5-15(3)12(9-14(15)16-4)11-7-6-10(2)13(8-11)17(18)19/h6-8,12,14,16H,5,9H2,1-4H3. The van der Waals surface area contributed by atoms with E-state index in [0.717, 1.165) is 24.0 Å². The maximum absolute atomic E-state index is 11.0. The third kappa shape index (κ3) is 2.14. The van der Waals surface area contributed by atoms with Gasteiger partial charge in [0.05, 0.1) is 4.92 Å². The molecule has 0 bridgehead atoms. The minimum absolute atomic E-state index is 0.192. The number of aryl methyl sites for hydroxylation is 1. The van der Waals surface area contributed by atoms with E-state index in [4.69, 9.17) is 0 Å². The van der Waals surface area contributed by atoms with Crippen LogP contribution in [0.15, 0.2) is 18.2 Å². The summed E-state index contributed by atoms with van der Waals surface area (Å²) in [6.45, 7) is 6.26. The van der Waals surface area contributed by atoms with Gasteiger partial charge in [0.25, 0.3) is 5.69 Å². The van der Waals surface area contributed by atoms with Gasteiger partial charge >= 0.3 is 0 Å². The molecule has 1 aromatic rings. The zero-order valence-electron chi connectivity index (χ0n) is 12.1. The van der Waals surface area contributed by atoms with E-state index < -0.39 is 0 Å². The van der Waals surface area contributed by atoms with Gasteiger partial charge in [-0.25, -0.2) is 0 Å². The van der Waals surface area contributed by atoms with Crippen LogP contribution in [0.4, 0.5) is 5.69 Å². The van der Waals surface area contributed by atoms with Gasteiger partial charge in [-0.3, -0.25) is 10.1 Å². The Kier molecular flexibility index (Phi) is 3.63. The van der Waals surface area contributed by atoms with Gasteiger partial charge in [0.15, 0.2) is 0 Å². The molecule has 0 amide bonds. The molecule has 2 rings (SSSR count). The molecular weight excluding hydrogens is 240 g/mol. The highest BCUT2D eigenvalue weighted by Crippen LogP contribution is 2.55. The quantitative estimate of drug-likeness (QED) is 0.668. The summed E-state index contributed by atoms with van der Waals surface area (Å²) in [7, 11) is 1.99. The highest BCUT2D eigenvalue weighted by Gasteiger charge is 2.50. The summed E-state index contributed by atoms with van der Waals surface area (Å²) in [5, 5.41) is 14.4. The maximum Gasteiger partial charge on any atom is 0.272 e. The maximum atomic E-state index is 11.0. The third-order valence-corrected chi connectivity index (χ3v) is 5.01. The molecule has 1 fully saturated rings. The van der Waals surface area contributed by atoms with E-state index in [1.54, 1.807) is 13.0 Å². The van der Waals surface area contributed by atoms with E-state index in [0.29, 0.717) is 12.0 Å². The Balaban J connectivity index is 2.34. The van der Waals surface area contributed by atoms with Crippen LogP contribution >= 0.6 is 0 Å². The summed E-state index contributed by atoms with van der Waals surface area (Å²) in [5.74, 6) is 0.411. The fourth-order valence-electron chi connectivity index (χ4n) is 3.35. The number of nitrogens with zero attached hydrogens (tertiary/aromatic N) is 1. The highest BCUT2D eigenvalue weighted by atomic mass is 16.6. The topological polar surface area (TPSA) is 55.2 Å². The van der Waals surface area contributed by atoms with Crippen molar-refractivity contribution in [3.05, 3.63) is 39.4 Å². The number of nitro benzene ring substituents is 1. The minimum Gasteiger partial charge on any atom is -0.316 e. The molecule has 1 saturated carbocycles. The fourth-order valence-corrected chi connectivity index (χ4v) is 3.35. The van der Waals surface area contributed by atoms with Crippen molar-refractivity contribution in [2.45, 2.75) is 45.6 Å². The molecule has 104 valence electrons. The van der Waals surface area contributed by atoms with Crippen LogP contribution in [0, 0.1) is 22.5 Å². The van der Waals surface area contributed by atoms with Crippen molar-refractivity contribution in [1.29, 1.82) is 0 Å². The first-order valence-electron chi connectivity index (χ1n) is 6.86. The van der Waals surface area contributed by atoms with Crippen LogP contribution in [-0.2, 0) is 0 Å². The summed E-state index contributed by atoms with van der Waals surface area (Å²) < 4.78 is 0. The predicted molar refractivity (Wildman–Crippen MR) is 76.4 cm³/mol. The Hall–Kier alpha value is -1.42. The zero-order chi connectivity index (χ0) is 14.2. The number of rotatable bonds is 4. The Labute approximate surface area is 114 Å². The highest BCUT2D eigenvalue weighted by molar-refractivity contribution is 5.45. The lowest BCUT2D eigenvalue weighted by molar-refractivity contribution is -0.385. The molecule has 1 aliphatic rings. The normalized spacial score (nSPS) is 29.9. The third-order valence-electron chi connectivity index (χ3n) is 5.01. The summed E-state index contributed by atoms with van der Waals surface area (Å²) >= 11 is 0. The smallest absolute Gasteiger partial charge is 0.272 e. The molecule has 0 aromatic heterocycles. The number of hydrogen-bond acceptors (Lipinski definition) is 3. The molecule has 4 heteroatoms. The number of benzene rings is 1. The molecule has 0 saturated heterocycles. The molecule has 3 atom stereocenters. The van der Waals surface area contributed by atoms with E-state index in [1.807, 2.05) is 19.2 Å². The van der Waals surface area contributed by atoms with Crippen molar-refractivity contribution in [2.24, 2.45) is 5.41 Å². The van der Waals surface area contributed by atoms with Crippen LogP contribution in [0.5, 0.6) is 0 Å². The molecule has 1 aromatic carbocycles. The lowest BCUT2D eigenvalue weighted by atomic mass is 9.54. The van der Waals surface area contributed by atoms with Crippen molar-refractivity contribution >= 4 is 5.69 Å². The first-order valence-corrected chi connectivity index (χ1v) is 6.86. The van der Waals surface area contributed by atoms with Crippen LogP contribution in [-0.4, -0.2) is 18.0 Å². The zero-order valence-corrected chi connectivity index (χ0v) is 12.1. The lowest BCUT2D eigenvalue weighted by Crippen LogP contribution is -2.55. The van der Waals surface area contributed by atoms with Gasteiger partial charge in [0.1, 0.15) is 0 Å². The van der Waals surface area contributed by atoms with E-state index in [1.165, 1.54) is 0 Å². The molecule has 0 aliphatic heterocycles. The van der Waals surface area contributed by atoms with E-state index in [-0.39, 0.29) is 16.0 Å². The minimum atomic E-state index is -0.281. The van der Waals surface area contributed by atoms with E-state index in [2.05, 4.69) is 19.2 Å². The molecule has 3 unspecified atom stereocenters. The van der Waals surface area contributed by atoms with Crippen molar-refractivity contribution < 1.29 is 4.92 Å². The van der Waals surface area contributed by atoms with Crippen molar-refractivity contribution in [1.82, 2.24) is 5.32 Å². The van der Waals surface area contributed by atoms with Crippen molar-refractivity contribution in [3.63, 3.8) is 0 Å². The molecular formula is C15H22N2O2. The lowest BCUT2D eigenvalue weighted by Gasteiger charge is -2.54. The average Bonchev–Trinajstić information content (AvgIpc) is 2.38. The Bertz CT molecular complexity index is 501. The van der Waals surface area contributed by atoms with E-state index in [9.17, 15) is 10.1 Å². The molecule has 0 radical (unpaired) electrons. The molecule has 4 nitrogen and oxygen atoms in total. The molecule has 1 N–H and O–H groups in total. The number of nitrogens with one attached hydrogen (secondary N) is 1. The summed E-state index contributed by atoms with van der Waals surface area (Å²) in [6, 6.07) is 6.19.